The van der Waals surface area contributed by atoms with E-state index in [1.807, 2.05) is 72.0 Å². The second kappa shape index (κ2) is 14.1. The van der Waals surface area contributed by atoms with Crippen molar-refractivity contribution in [2.45, 2.75) is 80.5 Å². The van der Waals surface area contributed by atoms with Crippen molar-refractivity contribution in [2.75, 3.05) is 0 Å². The number of hydrogen-bond donors (Lipinski definition) is 0. The van der Waals surface area contributed by atoms with E-state index in [2.05, 4.69) is 73.0 Å². The van der Waals surface area contributed by atoms with Gasteiger partial charge in [0, 0.05) is 62.2 Å². The number of imidazole rings is 1. The van der Waals surface area contributed by atoms with Gasteiger partial charge in [-0.1, -0.05) is 109 Å². The zero-order chi connectivity index (χ0) is 39.7. The van der Waals surface area contributed by atoms with Crippen LogP contribution in [0, 0.1) is 29.3 Å². The van der Waals surface area contributed by atoms with E-state index in [1.165, 1.54) is 5.56 Å². The summed E-state index contributed by atoms with van der Waals surface area (Å²) >= 11 is 0. The van der Waals surface area contributed by atoms with Crippen molar-refractivity contribution in [1.82, 2.24) is 19.1 Å². The first-order chi connectivity index (χ1) is 25.6. The summed E-state index contributed by atoms with van der Waals surface area (Å²) in [5, 5.41) is 2.13. The van der Waals surface area contributed by atoms with Crippen LogP contribution in [0.1, 0.15) is 84.5 Å². The van der Waals surface area contributed by atoms with Crippen LogP contribution < -0.4 is 9.30 Å². The molecule has 4 heterocycles. The number of pyridine rings is 2. The van der Waals surface area contributed by atoms with Gasteiger partial charge in [0.15, 0.2) is 0 Å². The third kappa shape index (κ3) is 8.23. The standard InChI is InChI=1S/C45H47N5O.Pt/c1-43(2,3)26-31-20-32(27-44(4,5)6)22-34(21-31)48-18-19-49(30-48)35-24-37(29-46-28-35)51-36-14-15-39-38-12-10-11-13-40(38)50(41(39)25-36)42-23-33(16-17-47-42)45(7,8)9;/h10-23,28-29H,26-27H2,1-9H3;/q-2;/i26D2,27D2;. The normalized spacial score (nSPS) is 14.0. The summed E-state index contributed by atoms with van der Waals surface area (Å²) in [5.74, 6) is 1.69. The first-order valence-corrected chi connectivity index (χ1v) is 17.3. The Labute approximate surface area is 328 Å². The smallest absolute Gasteiger partial charge is 0.267 e. The first kappa shape index (κ1) is 32.1. The molecule has 7 aromatic rings. The summed E-state index contributed by atoms with van der Waals surface area (Å²) in [7, 11) is 0. The first-order valence-electron chi connectivity index (χ1n) is 19.3. The second-order valence-corrected chi connectivity index (χ2v) is 16.1. The predicted octanol–water partition coefficient (Wildman–Crippen LogP) is 10.3. The zero-order valence-electron chi connectivity index (χ0n) is 35.2. The van der Waals surface area contributed by atoms with Crippen LogP contribution in [0.5, 0.6) is 11.5 Å². The van der Waals surface area contributed by atoms with E-state index in [0.717, 1.165) is 27.6 Å². The van der Waals surface area contributed by atoms with Crippen LogP contribution in [-0.4, -0.2) is 19.1 Å². The third-order valence-electron chi connectivity index (χ3n) is 8.33. The summed E-state index contributed by atoms with van der Waals surface area (Å²) in [5.41, 5.74) is 3.51. The maximum Gasteiger partial charge on any atom is 0.267 e. The fraction of sp³-hybridized carbons (Fsp3) is 0.311. The Morgan fingerprint density at radius 3 is 2.19 bits per heavy atom. The molecule has 0 atom stereocenters. The van der Waals surface area contributed by atoms with Crippen molar-refractivity contribution < 1.29 is 35.9 Å². The molecule has 0 saturated heterocycles. The SMILES string of the molecule is [2H]C([2H])(c1cc(-[n+]2[c-]n(-c3[c-]c(Oc4[c-]c5c(cc4)c4ccccc4n5-c4cc(C(C)(C)C)ccn4)cnc3)cc2)cc(C([2H])([2H])C(C)(C)C)c1)C(C)(C)C.[Pt]. The quantitative estimate of drug-likeness (QED) is 0.118. The molecule has 6 nitrogen and oxygen atoms in total. The molecule has 270 valence electrons. The Hall–Kier alpha value is -4.54. The van der Waals surface area contributed by atoms with Crippen LogP contribution in [0.25, 0.3) is 39.0 Å². The Morgan fingerprint density at radius 1 is 0.788 bits per heavy atom. The average molecular weight is 873 g/mol. The van der Waals surface area contributed by atoms with Gasteiger partial charge in [0.05, 0.1) is 5.69 Å². The van der Waals surface area contributed by atoms with Crippen LogP contribution in [0.4, 0.5) is 0 Å². The van der Waals surface area contributed by atoms with Crippen molar-refractivity contribution in [1.29, 1.82) is 0 Å². The Balaban J connectivity index is 0.00000532. The molecule has 0 radical (unpaired) electrons. The van der Waals surface area contributed by atoms with E-state index in [1.54, 1.807) is 52.1 Å². The van der Waals surface area contributed by atoms with E-state index in [4.69, 9.17) is 15.2 Å². The summed E-state index contributed by atoms with van der Waals surface area (Å²) in [6.45, 7) is 17.7. The molecular formula is C45H47N5OPt-2. The van der Waals surface area contributed by atoms with Gasteiger partial charge in [0.1, 0.15) is 5.82 Å². The third-order valence-corrected chi connectivity index (χ3v) is 8.33. The van der Waals surface area contributed by atoms with Crippen LogP contribution in [-0.2, 0) is 39.2 Å². The molecule has 0 fully saturated rings. The maximum absolute atomic E-state index is 9.03. The van der Waals surface area contributed by atoms with Crippen LogP contribution in [0.3, 0.4) is 0 Å². The molecule has 0 spiro atoms. The minimum absolute atomic E-state index is 0. The maximum atomic E-state index is 9.03. The summed E-state index contributed by atoms with van der Waals surface area (Å²) in [6, 6.07) is 28.4. The Kier molecular flexibility index (Phi) is 8.73. The largest absolute Gasteiger partial charge is 0.508 e. The number of ether oxygens (including phenoxy) is 1. The predicted molar refractivity (Wildman–Crippen MR) is 205 cm³/mol. The van der Waals surface area contributed by atoms with E-state index in [0.29, 0.717) is 34.0 Å². The van der Waals surface area contributed by atoms with Crippen molar-refractivity contribution in [2.24, 2.45) is 10.8 Å². The molecule has 4 aromatic heterocycles. The number of hydrogen-bond acceptors (Lipinski definition) is 3. The Bertz CT molecular complexity index is 2510. The minimum atomic E-state index is -1.74. The van der Waals surface area contributed by atoms with Crippen LogP contribution in [0.15, 0.2) is 97.7 Å². The molecule has 3 aromatic carbocycles. The molecule has 0 amide bonds. The van der Waals surface area contributed by atoms with Crippen LogP contribution >= 0.6 is 0 Å². The molecule has 0 saturated carbocycles. The van der Waals surface area contributed by atoms with E-state index in [9.17, 15) is 0 Å². The van der Waals surface area contributed by atoms with Crippen molar-refractivity contribution in [3.05, 3.63) is 133 Å². The molecule has 7 rings (SSSR count). The molecule has 0 bridgehead atoms. The minimum Gasteiger partial charge on any atom is -0.508 e. The molecular weight excluding hydrogens is 822 g/mol. The average Bonchev–Trinajstić information content (AvgIpc) is 3.74. The van der Waals surface area contributed by atoms with Crippen LogP contribution in [0.2, 0.25) is 0 Å². The van der Waals surface area contributed by atoms with Gasteiger partial charge in [-0.25, -0.2) is 4.98 Å². The van der Waals surface area contributed by atoms with Gasteiger partial charge < -0.3 is 18.9 Å². The van der Waals surface area contributed by atoms with Gasteiger partial charge in [-0.3, -0.25) is 4.57 Å². The molecule has 0 aliphatic carbocycles. The zero-order valence-corrected chi connectivity index (χ0v) is 33.5. The van der Waals surface area contributed by atoms with Crippen molar-refractivity contribution in [3.63, 3.8) is 0 Å². The summed E-state index contributed by atoms with van der Waals surface area (Å²) in [6.07, 6.45) is 8.53. The fourth-order valence-electron chi connectivity index (χ4n) is 6.19. The number of nitrogens with zero attached hydrogens (tertiary/aromatic N) is 5. The van der Waals surface area contributed by atoms with Crippen molar-refractivity contribution >= 4 is 21.8 Å². The van der Waals surface area contributed by atoms with Gasteiger partial charge in [0.2, 0.25) is 0 Å². The van der Waals surface area contributed by atoms with E-state index >= 15 is 0 Å². The number of rotatable bonds is 7. The summed E-state index contributed by atoms with van der Waals surface area (Å²) < 4.78 is 48.1. The number of para-hydroxylation sites is 1. The molecule has 0 unspecified atom stereocenters. The topological polar surface area (TPSA) is 48.8 Å². The van der Waals surface area contributed by atoms with Gasteiger partial charge in [-0.2, -0.15) is 6.07 Å². The monoisotopic (exact) mass is 872 g/mol. The van der Waals surface area contributed by atoms with E-state index in [-0.39, 0.29) is 26.5 Å². The molecule has 52 heavy (non-hydrogen) atoms. The van der Waals surface area contributed by atoms with Crippen molar-refractivity contribution in [3.8, 4) is 28.7 Å². The number of fused-ring (bicyclic) bond motifs is 3. The van der Waals surface area contributed by atoms with Gasteiger partial charge in [-0.15, -0.1) is 23.6 Å². The van der Waals surface area contributed by atoms with Gasteiger partial charge in [-0.05, 0) is 82.2 Å². The Morgan fingerprint density at radius 2 is 1.50 bits per heavy atom. The molecule has 0 aliphatic rings. The fourth-order valence-corrected chi connectivity index (χ4v) is 6.19. The van der Waals surface area contributed by atoms with Gasteiger partial charge in [0.25, 0.3) is 6.33 Å². The second-order valence-electron chi connectivity index (χ2n) is 16.1. The molecule has 0 aliphatic heterocycles. The molecule has 7 heteroatoms. The molecule has 0 N–H and O–H groups in total. The van der Waals surface area contributed by atoms with Gasteiger partial charge >= 0.3 is 0 Å². The summed E-state index contributed by atoms with van der Waals surface area (Å²) in [4.78, 5) is 9.22. The van der Waals surface area contributed by atoms with E-state index < -0.39 is 23.6 Å². The number of aromatic nitrogens is 5. The number of benzene rings is 3.